The number of carbonyl (C=O) groups is 3. The van der Waals surface area contributed by atoms with Crippen molar-refractivity contribution in [3.63, 3.8) is 0 Å². The molecule has 0 spiro atoms. The highest BCUT2D eigenvalue weighted by atomic mass is 16.5. The quantitative estimate of drug-likeness (QED) is 0.480. The Balaban J connectivity index is 1.66. The van der Waals surface area contributed by atoms with Gasteiger partial charge in [0, 0.05) is 30.3 Å². The number of methoxy groups -OCH3 is 1. The number of fused-ring (bicyclic) bond motifs is 4. The third kappa shape index (κ3) is 3.99. The van der Waals surface area contributed by atoms with Gasteiger partial charge in [-0.05, 0) is 66.1 Å². The van der Waals surface area contributed by atoms with E-state index in [0.29, 0.717) is 25.7 Å². The van der Waals surface area contributed by atoms with Crippen LogP contribution in [0.1, 0.15) is 99.8 Å². The molecule has 0 heterocycles. The van der Waals surface area contributed by atoms with E-state index in [2.05, 4.69) is 41.5 Å². The van der Waals surface area contributed by atoms with Gasteiger partial charge in [-0.2, -0.15) is 0 Å². The first-order valence-electron chi connectivity index (χ1n) is 14.3. The number of hydrogen-bond acceptors (Lipinski definition) is 6. The molecule has 2 N–H and O–H groups in total. The molecule has 208 valence electrons. The maximum absolute atomic E-state index is 14.1. The maximum Gasteiger partial charge on any atom is 0.308 e. The number of carbonyl (C=O) groups excluding carboxylic acids is 3. The summed E-state index contributed by atoms with van der Waals surface area (Å²) in [6.45, 7) is 14.6. The van der Waals surface area contributed by atoms with E-state index >= 15 is 0 Å². The molecule has 1 unspecified atom stereocenters. The van der Waals surface area contributed by atoms with E-state index in [1.165, 1.54) is 7.11 Å². The summed E-state index contributed by atoms with van der Waals surface area (Å²) in [6, 6.07) is 0. The molecule has 2 saturated carbocycles. The van der Waals surface area contributed by atoms with Gasteiger partial charge in [-0.15, -0.1) is 0 Å². The van der Waals surface area contributed by atoms with Gasteiger partial charge in [-0.3, -0.25) is 14.4 Å². The lowest BCUT2D eigenvalue weighted by Crippen LogP contribution is -2.58. The molecule has 0 bridgehead atoms. The van der Waals surface area contributed by atoms with E-state index in [0.717, 1.165) is 30.4 Å². The summed E-state index contributed by atoms with van der Waals surface area (Å²) >= 11 is 0. The Bertz CT molecular complexity index is 1010. The molecule has 4 rings (SSSR count). The molecule has 9 atom stereocenters. The zero-order valence-electron chi connectivity index (χ0n) is 24.1. The third-order valence-corrected chi connectivity index (χ3v) is 12.0. The molecule has 37 heavy (non-hydrogen) atoms. The van der Waals surface area contributed by atoms with Gasteiger partial charge in [0.1, 0.15) is 5.78 Å². The molecule has 0 radical (unpaired) electrons. The second-order valence-electron chi connectivity index (χ2n) is 14.2. The standard InChI is InChI=1S/C31H48O6/c1-17(13-19(32)14-18(2)27(36)37-8)21-15-25(35)31(7)20-9-10-23-28(3,4)24(34)11-12-29(23,5)26(20)22(33)16-30(21,31)6/h17-18,21,23-25,34-35H,9-16H2,1-8H3/t17-,18?,21-,23+,24+,25+,29+,30-,31-/m1/s1. The Morgan fingerprint density at radius 3 is 2.30 bits per heavy atom. The summed E-state index contributed by atoms with van der Waals surface area (Å²) in [5, 5.41) is 22.5. The van der Waals surface area contributed by atoms with E-state index in [-0.39, 0.29) is 58.6 Å². The highest BCUT2D eigenvalue weighted by molar-refractivity contribution is 6.00. The Morgan fingerprint density at radius 2 is 1.68 bits per heavy atom. The van der Waals surface area contributed by atoms with Crippen molar-refractivity contribution >= 4 is 17.5 Å². The zero-order valence-corrected chi connectivity index (χ0v) is 24.1. The Hall–Kier alpha value is -1.53. The highest BCUT2D eigenvalue weighted by Gasteiger charge is 2.68. The first kappa shape index (κ1) is 28.5. The molecule has 6 heteroatoms. The van der Waals surface area contributed by atoms with Gasteiger partial charge in [-0.1, -0.05) is 54.0 Å². The predicted molar refractivity (Wildman–Crippen MR) is 141 cm³/mol. The lowest BCUT2D eigenvalue weighted by Gasteiger charge is -2.61. The molecule has 6 nitrogen and oxygen atoms in total. The van der Waals surface area contributed by atoms with Crippen LogP contribution in [-0.2, 0) is 19.1 Å². The normalized spacial score (nSPS) is 42.4. The topological polar surface area (TPSA) is 101 Å². The van der Waals surface area contributed by atoms with Gasteiger partial charge < -0.3 is 14.9 Å². The fourth-order valence-corrected chi connectivity index (χ4v) is 9.65. The molecular formula is C31H48O6. The average Bonchev–Trinajstić information content (AvgIpc) is 3.02. The van der Waals surface area contributed by atoms with Crippen LogP contribution < -0.4 is 0 Å². The van der Waals surface area contributed by atoms with Crippen molar-refractivity contribution in [2.24, 2.45) is 45.3 Å². The summed E-state index contributed by atoms with van der Waals surface area (Å²) in [4.78, 5) is 38.8. The largest absolute Gasteiger partial charge is 0.469 e. The van der Waals surface area contributed by atoms with E-state index in [1.54, 1.807) is 6.92 Å². The van der Waals surface area contributed by atoms with Crippen LogP contribution in [0.15, 0.2) is 11.1 Å². The Labute approximate surface area is 222 Å². The molecule has 0 aromatic carbocycles. The van der Waals surface area contributed by atoms with Gasteiger partial charge >= 0.3 is 5.97 Å². The summed E-state index contributed by atoms with van der Waals surface area (Å²) in [6.07, 6.45) is 3.66. The minimum absolute atomic E-state index is 0.00976. The second-order valence-corrected chi connectivity index (χ2v) is 14.2. The Morgan fingerprint density at radius 1 is 1.03 bits per heavy atom. The zero-order chi connectivity index (χ0) is 27.7. The summed E-state index contributed by atoms with van der Waals surface area (Å²) in [7, 11) is 1.33. The number of rotatable bonds is 6. The van der Waals surface area contributed by atoms with Crippen molar-refractivity contribution in [3.8, 4) is 0 Å². The lowest BCUT2D eigenvalue weighted by atomic mass is 9.43. The minimum Gasteiger partial charge on any atom is -0.469 e. The smallest absolute Gasteiger partial charge is 0.308 e. The van der Waals surface area contributed by atoms with Crippen LogP contribution in [0.4, 0.5) is 0 Å². The molecule has 2 fully saturated rings. The van der Waals surface area contributed by atoms with Crippen LogP contribution in [0.5, 0.6) is 0 Å². The second kappa shape index (κ2) is 9.29. The van der Waals surface area contributed by atoms with Crippen LogP contribution in [0.2, 0.25) is 0 Å². The average molecular weight is 517 g/mol. The summed E-state index contributed by atoms with van der Waals surface area (Å²) < 4.78 is 4.78. The number of aliphatic hydroxyl groups excluding tert-OH is 2. The number of ether oxygens (including phenoxy) is 1. The summed E-state index contributed by atoms with van der Waals surface area (Å²) in [5.74, 6) is -0.388. The molecule has 0 saturated heterocycles. The van der Waals surface area contributed by atoms with Crippen LogP contribution in [0, 0.1) is 45.3 Å². The van der Waals surface area contributed by atoms with Gasteiger partial charge in [0.25, 0.3) is 0 Å². The predicted octanol–water partition coefficient (Wildman–Crippen LogP) is 5.04. The highest BCUT2D eigenvalue weighted by Crippen LogP contribution is 2.71. The summed E-state index contributed by atoms with van der Waals surface area (Å²) in [5.41, 5.74) is 0.569. The minimum atomic E-state index is -0.575. The fourth-order valence-electron chi connectivity index (χ4n) is 9.65. The van der Waals surface area contributed by atoms with Crippen molar-refractivity contribution in [3.05, 3.63) is 11.1 Å². The van der Waals surface area contributed by atoms with Gasteiger partial charge in [0.05, 0.1) is 25.2 Å². The molecular weight excluding hydrogens is 468 g/mol. The van der Waals surface area contributed by atoms with E-state index in [4.69, 9.17) is 4.74 Å². The monoisotopic (exact) mass is 516 g/mol. The molecule has 4 aliphatic carbocycles. The SMILES string of the molecule is COC(=O)C(C)CC(=O)C[C@@H](C)[C@H]1C[C@H](O)[C@@]2(C)C3=C(C(=O)C[C@]12C)[C@@]1(C)CC[C@H](O)C(C)(C)[C@@H]1CC3. The van der Waals surface area contributed by atoms with Crippen molar-refractivity contribution in [1.82, 2.24) is 0 Å². The number of ketones is 2. The first-order valence-corrected chi connectivity index (χ1v) is 14.3. The molecule has 4 aliphatic rings. The first-order chi connectivity index (χ1) is 17.1. The maximum atomic E-state index is 14.1. The lowest BCUT2D eigenvalue weighted by molar-refractivity contribution is -0.146. The van der Waals surface area contributed by atoms with Gasteiger partial charge in [0.15, 0.2) is 5.78 Å². The van der Waals surface area contributed by atoms with Crippen molar-refractivity contribution in [2.45, 2.75) is 112 Å². The molecule has 0 amide bonds. The number of aliphatic hydroxyl groups is 2. The van der Waals surface area contributed by atoms with Crippen LogP contribution in [0.3, 0.4) is 0 Å². The number of allylic oxidation sites excluding steroid dienone is 1. The van der Waals surface area contributed by atoms with Crippen LogP contribution in [-0.4, -0.2) is 47.1 Å². The van der Waals surface area contributed by atoms with Crippen molar-refractivity contribution in [2.75, 3.05) is 7.11 Å². The molecule has 0 aromatic rings. The van der Waals surface area contributed by atoms with Crippen LogP contribution >= 0.6 is 0 Å². The molecule has 0 aromatic heterocycles. The van der Waals surface area contributed by atoms with Crippen molar-refractivity contribution in [1.29, 1.82) is 0 Å². The number of hydrogen-bond donors (Lipinski definition) is 2. The van der Waals surface area contributed by atoms with Gasteiger partial charge in [-0.25, -0.2) is 0 Å². The van der Waals surface area contributed by atoms with E-state index < -0.39 is 22.9 Å². The number of Topliss-reactive ketones (excluding diaryl/α,β-unsaturated/α-hetero) is 2. The fraction of sp³-hybridized carbons (Fsp3) is 0.839. The van der Waals surface area contributed by atoms with Crippen LogP contribution in [0.25, 0.3) is 0 Å². The van der Waals surface area contributed by atoms with Crippen molar-refractivity contribution < 1.29 is 29.3 Å². The van der Waals surface area contributed by atoms with Gasteiger partial charge in [0.2, 0.25) is 0 Å². The van der Waals surface area contributed by atoms with E-state index in [9.17, 15) is 24.6 Å². The Kier molecular flexibility index (Phi) is 7.15. The third-order valence-electron chi connectivity index (χ3n) is 12.0. The molecule has 0 aliphatic heterocycles. The van der Waals surface area contributed by atoms with E-state index in [1.807, 2.05) is 0 Å². The number of esters is 1.